The van der Waals surface area contributed by atoms with Crippen LogP contribution in [0.2, 0.25) is 0 Å². The number of hydrogen-bond donors (Lipinski definition) is 1. The van der Waals surface area contributed by atoms with Crippen LogP contribution in [0.15, 0.2) is 18.2 Å². The first kappa shape index (κ1) is 11.5. The van der Waals surface area contributed by atoms with Crippen LogP contribution >= 0.6 is 0 Å². The molecule has 0 aromatic heterocycles. The number of benzene rings is 1. The van der Waals surface area contributed by atoms with Crippen molar-refractivity contribution in [3.8, 4) is 0 Å². The second-order valence-electron chi connectivity index (χ2n) is 3.15. The van der Waals surface area contributed by atoms with Crippen LogP contribution in [-0.4, -0.2) is 12.6 Å². The minimum Gasteiger partial charge on any atom is -0.466 e. The highest BCUT2D eigenvalue weighted by molar-refractivity contribution is 5.70. The molecule has 0 bridgehead atoms. The zero-order valence-corrected chi connectivity index (χ0v) is 8.63. The summed E-state index contributed by atoms with van der Waals surface area (Å²) in [4.78, 5) is 11.1. The number of halogens is 1. The van der Waals surface area contributed by atoms with Crippen LogP contribution in [-0.2, 0) is 16.0 Å². The van der Waals surface area contributed by atoms with Crippen molar-refractivity contribution in [1.29, 1.82) is 0 Å². The van der Waals surface area contributed by atoms with Gasteiger partial charge in [0.1, 0.15) is 5.82 Å². The topological polar surface area (TPSA) is 52.3 Å². The highest BCUT2D eigenvalue weighted by Crippen LogP contribution is 2.15. The smallest absolute Gasteiger partial charge is 0.306 e. The first-order valence-corrected chi connectivity index (χ1v) is 4.83. The summed E-state index contributed by atoms with van der Waals surface area (Å²) in [6, 6.07) is 4.17. The summed E-state index contributed by atoms with van der Waals surface area (Å²) < 4.78 is 17.5. The summed E-state index contributed by atoms with van der Waals surface area (Å²) in [6.07, 6.45) is 0.745. The molecule has 3 nitrogen and oxygen atoms in total. The minimum absolute atomic E-state index is 0.263. The Morgan fingerprint density at radius 2 is 2.27 bits per heavy atom. The number of ether oxygens (including phenoxy) is 1. The maximum atomic E-state index is 12.7. The molecule has 0 aliphatic heterocycles. The van der Waals surface area contributed by atoms with E-state index in [0.29, 0.717) is 18.7 Å². The third-order valence-corrected chi connectivity index (χ3v) is 2.01. The standard InChI is InChI=1S/C11H14FNO2/c1-2-15-11(14)6-4-8-3-5-9(12)7-10(8)13/h3,5,7H,2,4,6,13H2,1H3. The number of rotatable bonds is 4. The number of aryl methyl sites for hydroxylation is 1. The molecule has 0 atom stereocenters. The molecule has 0 spiro atoms. The molecular formula is C11H14FNO2. The van der Waals surface area contributed by atoms with Crippen molar-refractivity contribution in [3.05, 3.63) is 29.6 Å². The lowest BCUT2D eigenvalue weighted by Crippen LogP contribution is -2.06. The number of esters is 1. The Bertz CT molecular complexity index is 352. The Morgan fingerprint density at radius 3 is 2.87 bits per heavy atom. The van der Waals surface area contributed by atoms with E-state index < -0.39 is 0 Å². The van der Waals surface area contributed by atoms with Gasteiger partial charge in [-0.15, -0.1) is 0 Å². The molecule has 1 aromatic rings. The molecule has 0 amide bonds. The van der Waals surface area contributed by atoms with Crippen LogP contribution in [0.3, 0.4) is 0 Å². The molecule has 0 aliphatic carbocycles. The van der Waals surface area contributed by atoms with Gasteiger partial charge in [0, 0.05) is 12.1 Å². The lowest BCUT2D eigenvalue weighted by Gasteiger charge is -2.05. The normalized spacial score (nSPS) is 10.0. The summed E-state index contributed by atoms with van der Waals surface area (Å²) in [6.45, 7) is 2.13. The number of anilines is 1. The largest absolute Gasteiger partial charge is 0.466 e. The highest BCUT2D eigenvalue weighted by atomic mass is 19.1. The minimum atomic E-state index is -0.368. The second kappa shape index (κ2) is 5.34. The maximum Gasteiger partial charge on any atom is 0.306 e. The van der Waals surface area contributed by atoms with Crippen molar-refractivity contribution in [2.24, 2.45) is 0 Å². The molecule has 0 unspecified atom stereocenters. The molecule has 15 heavy (non-hydrogen) atoms. The number of nitrogens with two attached hydrogens (primary N) is 1. The van der Waals surface area contributed by atoms with Gasteiger partial charge in [-0.05, 0) is 31.0 Å². The average molecular weight is 211 g/mol. The van der Waals surface area contributed by atoms with Crippen LogP contribution in [0.5, 0.6) is 0 Å². The molecule has 0 heterocycles. The summed E-state index contributed by atoms with van der Waals surface area (Å²) in [5, 5.41) is 0. The van der Waals surface area contributed by atoms with E-state index in [1.54, 1.807) is 13.0 Å². The predicted molar refractivity (Wildman–Crippen MR) is 55.8 cm³/mol. The molecule has 0 aliphatic rings. The predicted octanol–water partition coefficient (Wildman–Crippen LogP) is 1.90. The van der Waals surface area contributed by atoms with E-state index in [-0.39, 0.29) is 18.2 Å². The van der Waals surface area contributed by atoms with Crippen LogP contribution in [0.4, 0.5) is 10.1 Å². The van der Waals surface area contributed by atoms with E-state index in [9.17, 15) is 9.18 Å². The summed E-state index contributed by atoms with van der Waals surface area (Å²) in [5.41, 5.74) is 6.73. The average Bonchev–Trinajstić information content (AvgIpc) is 2.17. The molecule has 4 heteroatoms. The van der Waals surface area contributed by atoms with Gasteiger partial charge < -0.3 is 10.5 Å². The fourth-order valence-electron chi connectivity index (χ4n) is 1.26. The molecule has 0 radical (unpaired) electrons. The van der Waals surface area contributed by atoms with E-state index in [0.717, 1.165) is 5.56 Å². The van der Waals surface area contributed by atoms with Gasteiger partial charge in [0.25, 0.3) is 0 Å². The van der Waals surface area contributed by atoms with Gasteiger partial charge in [0.2, 0.25) is 0 Å². The molecule has 2 N–H and O–H groups in total. The molecule has 1 aromatic carbocycles. The van der Waals surface area contributed by atoms with E-state index in [1.165, 1.54) is 12.1 Å². The number of nitrogen functional groups attached to an aromatic ring is 1. The van der Waals surface area contributed by atoms with Gasteiger partial charge in [0.05, 0.1) is 6.61 Å². The molecule has 82 valence electrons. The number of carbonyl (C=O) groups is 1. The van der Waals surface area contributed by atoms with Crippen LogP contribution in [0.1, 0.15) is 18.9 Å². The number of carbonyl (C=O) groups excluding carboxylic acids is 1. The molecule has 1 rings (SSSR count). The third kappa shape index (κ3) is 3.58. The van der Waals surface area contributed by atoms with Crippen LogP contribution < -0.4 is 5.73 Å². The zero-order valence-electron chi connectivity index (χ0n) is 8.63. The molecule has 0 saturated carbocycles. The van der Waals surface area contributed by atoms with Gasteiger partial charge in [-0.3, -0.25) is 4.79 Å². The Labute approximate surface area is 88.0 Å². The Hall–Kier alpha value is -1.58. The highest BCUT2D eigenvalue weighted by Gasteiger charge is 2.05. The Morgan fingerprint density at radius 1 is 1.53 bits per heavy atom. The molecule has 0 fully saturated rings. The van der Waals surface area contributed by atoms with Gasteiger partial charge in [-0.2, -0.15) is 0 Å². The maximum absolute atomic E-state index is 12.7. The monoisotopic (exact) mass is 211 g/mol. The second-order valence-corrected chi connectivity index (χ2v) is 3.15. The quantitative estimate of drug-likeness (QED) is 0.611. The lowest BCUT2D eigenvalue weighted by molar-refractivity contribution is -0.143. The van der Waals surface area contributed by atoms with E-state index in [4.69, 9.17) is 10.5 Å². The van der Waals surface area contributed by atoms with Crippen molar-refractivity contribution in [3.63, 3.8) is 0 Å². The SMILES string of the molecule is CCOC(=O)CCc1ccc(F)cc1N. The van der Waals surface area contributed by atoms with Crippen molar-refractivity contribution < 1.29 is 13.9 Å². The fourth-order valence-corrected chi connectivity index (χ4v) is 1.26. The summed E-state index contributed by atoms with van der Waals surface area (Å²) in [7, 11) is 0. The van der Waals surface area contributed by atoms with Gasteiger partial charge in [-0.1, -0.05) is 6.07 Å². The van der Waals surface area contributed by atoms with Crippen molar-refractivity contribution in [1.82, 2.24) is 0 Å². The molecule has 0 saturated heterocycles. The van der Waals surface area contributed by atoms with Crippen molar-refractivity contribution in [2.75, 3.05) is 12.3 Å². The van der Waals surface area contributed by atoms with Gasteiger partial charge >= 0.3 is 5.97 Å². The first-order valence-electron chi connectivity index (χ1n) is 4.83. The van der Waals surface area contributed by atoms with E-state index in [2.05, 4.69) is 0 Å². The van der Waals surface area contributed by atoms with Crippen LogP contribution in [0, 0.1) is 5.82 Å². The summed E-state index contributed by atoms with van der Waals surface area (Å²) >= 11 is 0. The zero-order chi connectivity index (χ0) is 11.3. The van der Waals surface area contributed by atoms with Gasteiger partial charge in [0.15, 0.2) is 0 Å². The first-order chi connectivity index (χ1) is 7.13. The molecular weight excluding hydrogens is 197 g/mol. The lowest BCUT2D eigenvalue weighted by atomic mass is 10.1. The fraction of sp³-hybridized carbons (Fsp3) is 0.364. The van der Waals surface area contributed by atoms with Crippen LogP contribution in [0.25, 0.3) is 0 Å². The van der Waals surface area contributed by atoms with E-state index >= 15 is 0 Å². The van der Waals surface area contributed by atoms with E-state index in [1.807, 2.05) is 0 Å². The summed E-state index contributed by atoms with van der Waals surface area (Å²) in [5.74, 6) is -0.631. The van der Waals surface area contributed by atoms with Gasteiger partial charge in [-0.25, -0.2) is 4.39 Å². The van der Waals surface area contributed by atoms with Crippen molar-refractivity contribution >= 4 is 11.7 Å². The Balaban J connectivity index is 2.54. The number of hydrogen-bond acceptors (Lipinski definition) is 3. The van der Waals surface area contributed by atoms with Crippen molar-refractivity contribution in [2.45, 2.75) is 19.8 Å². The third-order valence-electron chi connectivity index (χ3n) is 2.01. The Kier molecular flexibility index (Phi) is 4.09.